The van der Waals surface area contributed by atoms with Crippen molar-refractivity contribution in [2.75, 3.05) is 0 Å². The van der Waals surface area contributed by atoms with Crippen molar-refractivity contribution in [1.29, 1.82) is 0 Å². The summed E-state index contributed by atoms with van der Waals surface area (Å²) >= 11 is 0. The lowest BCUT2D eigenvalue weighted by Crippen LogP contribution is -2.23. The molecule has 0 amide bonds. The van der Waals surface area contributed by atoms with Crippen LogP contribution in [0.2, 0.25) is 0 Å². The number of aryl methyl sites for hydroxylation is 1. The van der Waals surface area contributed by atoms with Crippen LogP contribution in [-0.4, -0.2) is 20.1 Å². The summed E-state index contributed by atoms with van der Waals surface area (Å²) in [6.45, 7) is 5.05. The normalized spacial score (nSPS) is 27.0. The number of aliphatic hydroxyl groups is 1. The van der Waals surface area contributed by atoms with Crippen LogP contribution in [0.25, 0.3) is 0 Å². The summed E-state index contributed by atoms with van der Waals surface area (Å²) in [5, 5.41) is 18.4. The standard InChI is InChI=1S/C13H23N3O/c1-3-10-6-5-7-11(8-10)13(17)12-9-14-15-16(12)4-2/h9-11,13,17H,3-8H2,1-2H3. The van der Waals surface area contributed by atoms with Crippen molar-refractivity contribution in [2.45, 2.75) is 58.6 Å². The Labute approximate surface area is 103 Å². The van der Waals surface area contributed by atoms with E-state index in [9.17, 15) is 5.11 Å². The van der Waals surface area contributed by atoms with Crippen LogP contribution >= 0.6 is 0 Å². The van der Waals surface area contributed by atoms with Crippen LogP contribution < -0.4 is 0 Å². The SMILES string of the molecule is CCC1CCCC(C(O)c2cnnn2CC)C1. The number of aliphatic hydroxyl groups excluding tert-OH is 1. The van der Waals surface area contributed by atoms with Crippen LogP contribution in [0.3, 0.4) is 0 Å². The highest BCUT2D eigenvalue weighted by molar-refractivity contribution is 5.01. The molecule has 0 bridgehead atoms. The third-order valence-electron chi connectivity index (χ3n) is 4.10. The van der Waals surface area contributed by atoms with Crippen LogP contribution in [0, 0.1) is 11.8 Å². The van der Waals surface area contributed by atoms with Gasteiger partial charge in [-0.05, 0) is 31.6 Å². The van der Waals surface area contributed by atoms with Gasteiger partial charge >= 0.3 is 0 Å². The van der Waals surface area contributed by atoms with Crippen molar-refractivity contribution >= 4 is 0 Å². The molecule has 1 saturated carbocycles. The number of aromatic nitrogens is 3. The smallest absolute Gasteiger partial charge is 0.100 e. The first kappa shape index (κ1) is 12.6. The molecule has 96 valence electrons. The summed E-state index contributed by atoms with van der Waals surface area (Å²) in [6.07, 6.45) is 7.40. The highest BCUT2D eigenvalue weighted by atomic mass is 16.3. The van der Waals surface area contributed by atoms with Crippen molar-refractivity contribution in [3.05, 3.63) is 11.9 Å². The molecule has 0 spiro atoms. The van der Waals surface area contributed by atoms with Crippen molar-refractivity contribution in [1.82, 2.24) is 15.0 Å². The summed E-state index contributed by atoms with van der Waals surface area (Å²) < 4.78 is 1.81. The van der Waals surface area contributed by atoms with Crippen LogP contribution in [0.4, 0.5) is 0 Å². The van der Waals surface area contributed by atoms with Crippen molar-refractivity contribution < 1.29 is 5.11 Å². The van der Waals surface area contributed by atoms with Gasteiger partial charge in [0.1, 0.15) is 6.10 Å². The number of nitrogens with zero attached hydrogens (tertiary/aromatic N) is 3. The number of hydrogen-bond donors (Lipinski definition) is 1. The molecule has 1 aliphatic carbocycles. The Kier molecular flexibility index (Phi) is 4.15. The van der Waals surface area contributed by atoms with Gasteiger partial charge in [0.15, 0.2) is 0 Å². The van der Waals surface area contributed by atoms with E-state index in [2.05, 4.69) is 17.2 Å². The fourth-order valence-corrected chi connectivity index (χ4v) is 2.97. The first-order valence-corrected chi connectivity index (χ1v) is 6.82. The maximum atomic E-state index is 10.5. The molecule has 1 aliphatic rings. The lowest BCUT2D eigenvalue weighted by atomic mass is 9.77. The molecule has 17 heavy (non-hydrogen) atoms. The van der Waals surface area contributed by atoms with E-state index in [1.54, 1.807) is 10.9 Å². The topological polar surface area (TPSA) is 50.9 Å². The molecule has 0 radical (unpaired) electrons. The van der Waals surface area contributed by atoms with Crippen molar-refractivity contribution in [3.8, 4) is 0 Å². The molecular formula is C13H23N3O. The molecular weight excluding hydrogens is 214 g/mol. The Balaban J connectivity index is 2.06. The summed E-state index contributed by atoms with van der Waals surface area (Å²) in [4.78, 5) is 0. The summed E-state index contributed by atoms with van der Waals surface area (Å²) in [7, 11) is 0. The highest BCUT2D eigenvalue weighted by Gasteiger charge is 2.29. The molecule has 2 rings (SSSR count). The van der Waals surface area contributed by atoms with Gasteiger partial charge in [0.2, 0.25) is 0 Å². The van der Waals surface area contributed by atoms with E-state index < -0.39 is 0 Å². The fraction of sp³-hybridized carbons (Fsp3) is 0.846. The van der Waals surface area contributed by atoms with Gasteiger partial charge in [-0.1, -0.05) is 31.4 Å². The maximum Gasteiger partial charge on any atom is 0.100 e. The second-order valence-corrected chi connectivity index (χ2v) is 5.12. The van der Waals surface area contributed by atoms with Crippen LogP contribution in [0.15, 0.2) is 6.20 Å². The van der Waals surface area contributed by atoms with Gasteiger partial charge in [-0.15, -0.1) is 5.10 Å². The first-order valence-electron chi connectivity index (χ1n) is 6.82. The molecule has 0 aromatic carbocycles. The van der Waals surface area contributed by atoms with Crippen molar-refractivity contribution in [3.63, 3.8) is 0 Å². The van der Waals surface area contributed by atoms with Crippen LogP contribution in [0.5, 0.6) is 0 Å². The molecule has 0 aliphatic heterocycles. The highest BCUT2D eigenvalue weighted by Crippen LogP contribution is 2.38. The quantitative estimate of drug-likeness (QED) is 0.875. The average Bonchev–Trinajstić information content (AvgIpc) is 2.86. The van der Waals surface area contributed by atoms with Gasteiger partial charge in [0.05, 0.1) is 11.9 Å². The molecule has 1 heterocycles. The first-order chi connectivity index (χ1) is 8.26. The molecule has 4 nitrogen and oxygen atoms in total. The minimum Gasteiger partial charge on any atom is -0.386 e. The fourth-order valence-electron chi connectivity index (χ4n) is 2.97. The zero-order chi connectivity index (χ0) is 12.3. The Morgan fingerprint density at radius 2 is 2.29 bits per heavy atom. The Morgan fingerprint density at radius 1 is 1.47 bits per heavy atom. The Morgan fingerprint density at radius 3 is 3.00 bits per heavy atom. The second kappa shape index (κ2) is 5.63. The molecule has 3 unspecified atom stereocenters. The molecule has 0 saturated heterocycles. The average molecular weight is 237 g/mol. The lowest BCUT2D eigenvalue weighted by molar-refractivity contribution is 0.0608. The summed E-state index contributed by atoms with van der Waals surface area (Å²) in [5.74, 6) is 1.17. The van der Waals surface area contributed by atoms with E-state index >= 15 is 0 Å². The molecule has 1 aromatic heterocycles. The van der Waals surface area contributed by atoms with Crippen LogP contribution in [0.1, 0.15) is 57.7 Å². The van der Waals surface area contributed by atoms with Crippen molar-refractivity contribution in [2.24, 2.45) is 11.8 Å². The minimum atomic E-state index is -0.390. The van der Waals surface area contributed by atoms with E-state index in [-0.39, 0.29) is 6.10 Å². The molecule has 4 heteroatoms. The van der Waals surface area contributed by atoms with Gasteiger partial charge in [0.25, 0.3) is 0 Å². The van der Waals surface area contributed by atoms with Crippen LogP contribution in [-0.2, 0) is 6.54 Å². The van der Waals surface area contributed by atoms with E-state index in [4.69, 9.17) is 0 Å². The van der Waals surface area contributed by atoms with Gasteiger partial charge in [-0.2, -0.15) is 0 Å². The maximum absolute atomic E-state index is 10.5. The lowest BCUT2D eigenvalue weighted by Gasteiger charge is -2.31. The summed E-state index contributed by atoms with van der Waals surface area (Å²) in [5.41, 5.74) is 0.884. The monoisotopic (exact) mass is 237 g/mol. The summed E-state index contributed by atoms with van der Waals surface area (Å²) in [6, 6.07) is 0. The number of hydrogen-bond acceptors (Lipinski definition) is 3. The van der Waals surface area contributed by atoms with Gasteiger partial charge in [-0.3, -0.25) is 0 Å². The largest absolute Gasteiger partial charge is 0.386 e. The molecule has 1 N–H and O–H groups in total. The molecule has 1 fully saturated rings. The molecule has 3 atom stereocenters. The Bertz CT molecular complexity index is 350. The van der Waals surface area contributed by atoms with E-state index in [0.717, 1.165) is 31.0 Å². The zero-order valence-electron chi connectivity index (χ0n) is 10.8. The number of rotatable bonds is 4. The Hall–Kier alpha value is -0.900. The van der Waals surface area contributed by atoms with E-state index in [0.29, 0.717) is 5.92 Å². The van der Waals surface area contributed by atoms with Gasteiger partial charge < -0.3 is 5.11 Å². The second-order valence-electron chi connectivity index (χ2n) is 5.12. The third kappa shape index (κ3) is 2.68. The predicted molar refractivity (Wildman–Crippen MR) is 66.4 cm³/mol. The van der Waals surface area contributed by atoms with Gasteiger partial charge in [0, 0.05) is 6.54 Å². The van der Waals surface area contributed by atoms with E-state index in [1.165, 1.54) is 19.3 Å². The third-order valence-corrected chi connectivity index (χ3v) is 4.10. The minimum absolute atomic E-state index is 0.387. The molecule has 1 aromatic rings. The van der Waals surface area contributed by atoms with Gasteiger partial charge in [-0.25, -0.2) is 4.68 Å². The van der Waals surface area contributed by atoms with E-state index in [1.807, 2.05) is 6.92 Å². The zero-order valence-corrected chi connectivity index (χ0v) is 10.8. The predicted octanol–water partition coefficient (Wildman–Crippen LogP) is 2.55.